The van der Waals surface area contributed by atoms with E-state index in [0.717, 1.165) is 0 Å². The molecular formula is C9H15NO4. The highest BCUT2D eigenvalue weighted by atomic mass is 16.6. The van der Waals surface area contributed by atoms with Gasteiger partial charge in [-0.3, -0.25) is 9.59 Å². The monoisotopic (exact) mass is 201 g/mol. The molecule has 0 aliphatic rings. The van der Waals surface area contributed by atoms with Crippen LogP contribution in [0.4, 0.5) is 0 Å². The molecule has 0 aliphatic heterocycles. The lowest BCUT2D eigenvalue weighted by atomic mass is 10.1. The van der Waals surface area contributed by atoms with Gasteiger partial charge in [0.1, 0.15) is 5.60 Å². The number of nitrogens with one attached hydrogen (secondary N) is 1. The number of esters is 1. The van der Waals surface area contributed by atoms with E-state index in [2.05, 4.69) is 5.32 Å². The van der Waals surface area contributed by atoms with Gasteiger partial charge in [0.25, 0.3) is 0 Å². The first-order valence-electron chi connectivity index (χ1n) is 4.21. The Balaban J connectivity index is 4.45. The molecule has 0 saturated heterocycles. The molecule has 5 nitrogen and oxygen atoms in total. The number of carbonyl (C=O) groups is 3. The van der Waals surface area contributed by atoms with E-state index in [9.17, 15) is 14.4 Å². The van der Waals surface area contributed by atoms with Gasteiger partial charge in [0.2, 0.25) is 6.41 Å². The van der Waals surface area contributed by atoms with Crippen molar-refractivity contribution in [1.82, 2.24) is 5.32 Å². The van der Waals surface area contributed by atoms with Crippen molar-refractivity contribution in [3.05, 3.63) is 0 Å². The van der Waals surface area contributed by atoms with Gasteiger partial charge in [-0.1, -0.05) is 0 Å². The lowest BCUT2D eigenvalue weighted by Crippen LogP contribution is -2.45. The van der Waals surface area contributed by atoms with Crippen LogP contribution in [0.3, 0.4) is 0 Å². The van der Waals surface area contributed by atoms with Crippen molar-refractivity contribution in [2.75, 3.05) is 0 Å². The third-order valence-electron chi connectivity index (χ3n) is 1.28. The minimum atomic E-state index is -1.20. The summed E-state index contributed by atoms with van der Waals surface area (Å²) in [4.78, 5) is 32.4. The quantitative estimate of drug-likeness (QED) is 0.395. The summed E-state index contributed by atoms with van der Waals surface area (Å²) >= 11 is 0. The number of ether oxygens (including phenoxy) is 1. The summed E-state index contributed by atoms with van der Waals surface area (Å²) in [6.45, 7) is 6.26. The molecule has 0 radical (unpaired) electrons. The van der Waals surface area contributed by atoms with Gasteiger partial charge in [-0.15, -0.1) is 0 Å². The third-order valence-corrected chi connectivity index (χ3v) is 1.28. The molecule has 1 N–H and O–H groups in total. The van der Waals surface area contributed by atoms with Crippen molar-refractivity contribution < 1.29 is 19.1 Å². The van der Waals surface area contributed by atoms with Crippen LogP contribution in [0.2, 0.25) is 0 Å². The smallest absolute Gasteiger partial charge is 0.336 e. The maximum Gasteiger partial charge on any atom is 0.336 e. The van der Waals surface area contributed by atoms with Gasteiger partial charge < -0.3 is 10.1 Å². The molecular weight excluding hydrogens is 186 g/mol. The summed E-state index contributed by atoms with van der Waals surface area (Å²) in [5, 5.41) is 2.10. The van der Waals surface area contributed by atoms with Crippen LogP contribution in [0, 0.1) is 0 Å². The molecule has 1 atom stereocenters. The van der Waals surface area contributed by atoms with Gasteiger partial charge in [0.05, 0.1) is 0 Å². The summed E-state index contributed by atoms with van der Waals surface area (Å²) in [6, 6.07) is -1.20. The standard InChI is InChI=1S/C9H15NO4/c1-6(12)7(10-5-11)8(13)14-9(2,3)4/h5,7H,1-4H3,(H,10,11). The Hall–Kier alpha value is -1.39. The molecule has 0 heterocycles. The Bertz CT molecular complexity index is 242. The fourth-order valence-corrected chi connectivity index (χ4v) is 0.780. The molecule has 0 aromatic heterocycles. The predicted molar refractivity (Wildman–Crippen MR) is 49.5 cm³/mol. The molecule has 14 heavy (non-hydrogen) atoms. The zero-order valence-corrected chi connectivity index (χ0v) is 8.79. The first-order valence-corrected chi connectivity index (χ1v) is 4.21. The number of carbonyl (C=O) groups excluding carboxylic acids is 3. The molecule has 80 valence electrons. The SMILES string of the molecule is CC(=O)C(NC=O)C(=O)OC(C)(C)C. The molecule has 0 fully saturated rings. The topological polar surface area (TPSA) is 72.5 Å². The predicted octanol–water partition coefficient (Wildman–Crippen LogP) is 0.0317. The molecule has 1 amide bonds. The van der Waals surface area contributed by atoms with Crippen LogP contribution in [0.25, 0.3) is 0 Å². The van der Waals surface area contributed by atoms with Crippen molar-refractivity contribution in [1.29, 1.82) is 0 Å². The lowest BCUT2D eigenvalue weighted by Gasteiger charge is -2.22. The Kier molecular flexibility index (Phi) is 4.27. The zero-order valence-electron chi connectivity index (χ0n) is 8.79. The Morgan fingerprint density at radius 2 is 1.86 bits per heavy atom. The molecule has 0 bridgehead atoms. The van der Waals surface area contributed by atoms with E-state index < -0.39 is 23.4 Å². The van der Waals surface area contributed by atoms with E-state index in [1.807, 2.05) is 0 Å². The van der Waals surface area contributed by atoms with Gasteiger partial charge in [0.15, 0.2) is 11.8 Å². The molecule has 1 unspecified atom stereocenters. The molecule has 0 saturated carbocycles. The average molecular weight is 201 g/mol. The van der Waals surface area contributed by atoms with Crippen molar-refractivity contribution in [2.24, 2.45) is 0 Å². The first-order chi connectivity index (χ1) is 6.28. The molecule has 0 aromatic carbocycles. The van der Waals surface area contributed by atoms with E-state index in [4.69, 9.17) is 4.74 Å². The van der Waals surface area contributed by atoms with E-state index in [0.29, 0.717) is 6.41 Å². The van der Waals surface area contributed by atoms with E-state index in [1.165, 1.54) is 6.92 Å². The van der Waals surface area contributed by atoms with Gasteiger partial charge >= 0.3 is 5.97 Å². The van der Waals surface area contributed by atoms with Gasteiger partial charge in [-0.05, 0) is 27.7 Å². The molecule has 0 spiro atoms. The Morgan fingerprint density at radius 1 is 1.36 bits per heavy atom. The van der Waals surface area contributed by atoms with Crippen LogP contribution in [0.1, 0.15) is 27.7 Å². The molecule has 0 aliphatic carbocycles. The first kappa shape index (κ1) is 12.6. The molecule has 0 aromatic rings. The van der Waals surface area contributed by atoms with Gasteiger partial charge in [-0.25, -0.2) is 4.79 Å². The molecule has 0 rings (SSSR count). The van der Waals surface area contributed by atoms with E-state index in [-0.39, 0.29) is 0 Å². The van der Waals surface area contributed by atoms with Gasteiger partial charge in [0, 0.05) is 0 Å². The number of rotatable bonds is 4. The van der Waals surface area contributed by atoms with Crippen molar-refractivity contribution in [3.8, 4) is 0 Å². The second kappa shape index (κ2) is 4.74. The second-order valence-corrected chi connectivity index (χ2v) is 3.86. The van der Waals surface area contributed by atoms with Crippen LogP contribution in [0.5, 0.6) is 0 Å². The third kappa shape index (κ3) is 4.59. The van der Waals surface area contributed by atoms with Crippen molar-refractivity contribution >= 4 is 18.2 Å². The highest BCUT2D eigenvalue weighted by Gasteiger charge is 2.27. The summed E-state index contributed by atoms with van der Waals surface area (Å²) in [7, 11) is 0. The Morgan fingerprint density at radius 3 is 2.14 bits per heavy atom. The van der Waals surface area contributed by atoms with Crippen LogP contribution < -0.4 is 5.32 Å². The van der Waals surface area contributed by atoms with Crippen molar-refractivity contribution in [2.45, 2.75) is 39.3 Å². The zero-order chi connectivity index (χ0) is 11.4. The fourth-order valence-electron chi connectivity index (χ4n) is 0.780. The number of hydrogen-bond acceptors (Lipinski definition) is 4. The maximum atomic E-state index is 11.3. The lowest BCUT2D eigenvalue weighted by molar-refractivity contribution is -0.159. The van der Waals surface area contributed by atoms with E-state index in [1.54, 1.807) is 20.8 Å². The van der Waals surface area contributed by atoms with E-state index >= 15 is 0 Å². The minimum absolute atomic E-state index is 0.302. The molecule has 5 heteroatoms. The number of amides is 1. The normalized spacial score (nSPS) is 12.9. The maximum absolute atomic E-state index is 11.3. The highest BCUT2D eigenvalue weighted by Crippen LogP contribution is 2.08. The fraction of sp³-hybridized carbons (Fsp3) is 0.667. The summed E-state index contributed by atoms with van der Waals surface area (Å²) in [5.41, 5.74) is -0.671. The summed E-state index contributed by atoms with van der Waals surface area (Å²) < 4.78 is 4.93. The van der Waals surface area contributed by atoms with Crippen LogP contribution in [-0.4, -0.2) is 29.8 Å². The summed E-state index contributed by atoms with van der Waals surface area (Å²) in [6.07, 6.45) is 0.302. The average Bonchev–Trinajstić information content (AvgIpc) is 1.95. The van der Waals surface area contributed by atoms with Crippen molar-refractivity contribution in [3.63, 3.8) is 0 Å². The van der Waals surface area contributed by atoms with Crippen LogP contribution in [0.15, 0.2) is 0 Å². The van der Waals surface area contributed by atoms with Crippen LogP contribution in [-0.2, 0) is 19.1 Å². The largest absolute Gasteiger partial charge is 0.458 e. The number of ketones is 1. The highest BCUT2D eigenvalue weighted by molar-refractivity contribution is 6.03. The Labute approximate surface area is 82.8 Å². The van der Waals surface area contributed by atoms with Gasteiger partial charge in [-0.2, -0.15) is 0 Å². The van der Waals surface area contributed by atoms with Crippen LogP contribution >= 0.6 is 0 Å². The minimum Gasteiger partial charge on any atom is -0.458 e. The number of Topliss-reactive ketones (excluding diaryl/α,β-unsaturated/α-hetero) is 1. The summed E-state index contributed by atoms with van der Waals surface area (Å²) in [5.74, 6) is -1.19. The second-order valence-electron chi connectivity index (χ2n) is 3.86. The number of hydrogen-bond donors (Lipinski definition) is 1.